The van der Waals surface area contributed by atoms with E-state index in [0.717, 1.165) is 12.1 Å². The molecule has 0 amide bonds. The molecular formula is C23H23NO3. The van der Waals surface area contributed by atoms with Crippen LogP contribution in [0.3, 0.4) is 0 Å². The van der Waals surface area contributed by atoms with Crippen LogP contribution in [0.15, 0.2) is 84.5 Å². The quantitative estimate of drug-likeness (QED) is 0.583. The molecule has 4 heteroatoms. The summed E-state index contributed by atoms with van der Waals surface area (Å²) in [5.74, 6) is -0.327. The molecule has 0 aromatic heterocycles. The molecule has 138 valence electrons. The zero-order chi connectivity index (χ0) is 18.9. The minimum atomic E-state index is -0.658. The van der Waals surface area contributed by atoms with Crippen LogP contribution in [0.1, 0.15) is 5.56 Å². The lowest BCUT2D eigenvalue weighted by Gasteiger charge is -2.39. The van der Waals surface area contributed by atoms with Crippen molar-refractivity contribution in [2.45, 2.75) is 24.2 Å². The van der Waals surface area contributed by atoms with Crippen molar-refractivity contribution >= 4 is 11.7 Å². The maximum absolute atomic E-state index is 12.1. The van der Waals surface area contributed by atoms with Crippen molar-refractivity contribution in [1.29, 1.82) is 0 Å². The molecule has 2 aliphatic rings. The molecule has 2 bridgehead atoms. The van der Waals surface area contributed by atoms with Gasteiger partial charge in [0.1, 0.15) is 11.7 Å². The van der Waals surface area contributed by atoms with Gasteiger partial charge in [0.25, 0.3) is 0 Å². The average molecular weight is 361 g/mol. The molecule has 4 rings (SSSR count). The fourth-order valence-electron chi connectivity index (χ4n) is 3.97. The molecule has 2 aromatic rings. The third-order valence-electron chi connectivity index (χ3n) is 5.39. The third kappa shape index (κ3) is 3.17. The van der Waals surface area contributed by atoms with Gasteiger partial charge in [-0.2, -0.15) is 0 Å². The number of benzene rings is 2. The summed E-state index contributed by atoms with van der Waals surface area (Å²) < 4.78 is 11.3. The van der Waals surface area contributed by atoms with Crippen LogP contribution < -0.4 is 4.90 Å². The number of fused-ring (bicyclic) bond motifs is 2. The van der Waals surface area contributed by atoms with E-state index < -0.39 is 5.60 Å². The van der Waals surface area contributed by atoms with Crippen LogP contribution in [-0.2, 0) is 20.7 Å². The van der Waals surface area contributed by atoms with Crippen LogP contribution in [0.25, 0.3) is 0 Å². The van der Waals surface area contributed by atoms with Gasteiger partial charge in [0.2, 0.25) is 0 Å². The van der Waals surface area contributed by atoms with E-state index >= 15 is 0 Å². The second kappa shape index (κ2) is 7.05. The van der Waals surface area contributed by atoms with E-state index in [9.17, 15) is 4.79 Å². The van der Waals surface area contributed by atoms with Gasteiger partial charge in [0.15, 0.2) is 0 Å². The van der Waals surface area contributed by atoms with Crippen molar-refractivity contribution in [3.05, 3.63) is 90.0 Å². The van der Waals surface area contributed by atoms with Crippen LogP contribution in [0.4, 0.5) is 5.69 Å². The van der Waals surface area contributed by atoms with Gasteiger partial charge in [0.05, 0.1) is 18.7 Å². The molecule has 0 saturated heterocycles. The van der Waals surface area contributed by atoms with Crippen LogP contribution in [0.2, 0.25) is 0 Å². The monoisotopic (exact) mass is 361 g/mol. The lowest BCUT2D eigenvalue weighted by Crippen LogP contribution is -2.50. The van der Waals surface area contributed by atoms with Gasteiger partial charge in [-0.3, -0.25) is 0 Å². The van der Waals surface area contributed by atoms with E-state index in [1.54, 1.807) is 0 Å². The first-order valence-electron chi connectivity index (χ1n) is 9.13. The molecule has 2 aromatic carbocycles. The van der Waals surface area contributed by atoms with Crippen LogP contribution >= 0.6 is 0 Å². The fourth-order valence-corrected chi connectivity index (χ4v) is 3.97. The smallest absolute Gasteiger partial charge is 0.336 e. The van der Waals surface area contributed by atoms with Crippen molar-refractivity contribution in [3.8, 4) is 0 Å². The first-order chi connectivity index (χ1) is 13.1. The Balaban J connectivity index is 1.73. The lowest BCUT2D eigenvalue weighted by atomic mass is 9.85. The Hall–Kier alpha value is -2.85. The highest BCUT2D eigenvalue weighted by Crippen LogP contribution is 2.43. The Morgan fingerprint density at radius 1 is 1.15 bits per heavy atom. The molecule has 0 fully saturated rings. The van der Waals surface area contributed by atoms with E-state index in [-0.39, 0.29) is 18.1 Å². The Morgan fingerprint density at radius 3 is 2.48 bits per heavy atom. The standard InChI is InChI=1S/C23H23NO3/c1-24(18-11-7-4-8-12-18)21(15-17-9-5-3-6-10-17)23-14-13-20(27-23)19(16-23)22(25)26-2/h3-14,16,20-21H,15H2,1-2H3. The number of nitrogens with zero attached hydrogens (tertiary/aromatic N) is 1. The minimum absolute atomic E-state index is 0.00861. The molecule has 27 heavy (non-hydrogen) atoms. The van der Waals surface area contributed by atoms with Crippen molar-refractivity contribution in [2.75, 3.05) is 19.1 Å². The Labute approximate surface area is 159 Å². The summed E-state index contributed by atoms with van der Waals surface area (Å²) >= 11 is 0. The van der Waals surface area contributed by atoms with Crippen LogP contribution in [0.5, 0.6) is 0 Å². The van der Waals surface area contributed by atoms with Gasteiger partial charge in [0, 0.05) is 12.7 Å². The van der Waals surface area contributed by atoms with E-state index in [2.05, 4.69) is 42.3 Å². The SMILES string of the molecule is COC(=O)C1=CC2(C(Cc3ccccc3)N(C)c3ccccc3)C=CC1O2. The summed E-state index contributed by atoms with van der Waals surface area (Å²) in [6, 6.07) is 20.6. The number of para-hydroxylation sites is 1. The molecule has 4 nitrogen and oxygen atoms in total. The number of methoxy groups -OCH3 is 1. The molecule has 0 radical (unpaired) electrons. The highest BCUT2D eigenvalue weighted by molar-refractivity contribution is 5.91. The predicted molar refractivity (Wildman–Crippen MR) is 106 cm³/mol. The molecule has 0 saturated carbocycles. The van der Waals surface area contributed by atoms with Crippen molar-refractivity contribution in [1.82, 2.24) is 0 Å². The van der Waals surface area contributed by atoms with Crippen molar-refractivity contribution < 1.29 is 14.3 Å². The maximum Gasteiger partial charge on any atom is 0.336 e. The van der Waals surface area contributed by atoms with Gasteiger partial charge < -0.3 is 14.4 Å². The van der Waals surface area contributed by atoms with E-state index in [1.807, 2.05) is 48.6 Å². The Morgan fingerprint density at radius 2 is 1.81 bits per heavy atom. The number of anilines is 1. The number of carbonyl (C=O) groups excluding carboxylic acids is 1. The fraction of sp³-hybridized carbons (Fsp3) is 0.261. The lowest BCUT2D eigenvalue weighted by molar-refractivity contribution is -0.136. The zero-order valence-electron chi connectivity index (χ0n) is 15.5. The largest absolute Gasteiger partial charge is 0.466 e. The van der Waals surface area contributed by atoms with Crippen LogP contribution in [0, 0.1) is 0 Å². The second-order valence-electron chi connectivity index (χ2n) is 6.99. The van der Waals surface area contributed by atoms with Gasteiger partial charge in [-0.15, -0.1) is 0 Å². The third-order valence-corrected chi connectivity index (χ3v) is 5.39. The molecular weight excluding hydrogens is 338 g/mol. The van der Waals surface area contributed by atoms with E-state index in [0.29, 0.717) is 5.57 Å². The summed E-state index contributed by atoms with van der Waals surface area (Å²) in [7, 11) is 3.48. The topological polar surface area (TPSA) is 38.8 Å². The first kappa shape index (κ1) is 17.6. The molecule has 0 aliphatic carbocycles. The average Bonchev–Trinajstić information content (AvgIpc) is 3.32. The number of hydrogen-bond acceptors (Lipinski definition) is 4. The highest BCUT2D eigenvalue weighted by atomic mass is 16.5. The predicted octanol–water partition coefficient (Wildman–Crippen LogP) is 3.54. The number of rotatable bonds is 6. The summed E-state index contributed by atoms with van der Waals surface area (Å²) in [4.78, 5) is 14.4. The van der Waals surface area contributed by atoms with Crippen molar-refractivity contribution in [2.24, 2.45) is 0 Å². The number of carbonyl (C=O) groups is 1. The molecule has 0 spiro atoms. The minimum Gasteiger partial charge on any atom is -0.466 e. The number of ether oxygens (including phenoxy) is 2. The first-order valence-corrected chi connectivity index (χ1v) is 9.13. The molecule has 0 N–H and O–H groups in total. The summed E-state index contributed by atoms with van der Waals surface area (Å²) in [6.45, 7) is 0. The van der Waals surface area contributed by atoms with Gasteiger partial charge in [-0.25, -0.2) is 4.79 Å². The Kier molecular flexibility index (Phi) is 4.58. The summed E-state index contributed by atoms with van der Waals surface area (Å²) in [6.07, 6.45) is 6.44. The molecule has 2 aliphatic heterocycles. The maximum atomic E-state index is 12.1. The number of hydrogen-bond donors (Lipinski definition) is 0. The zero-order valence-corrected chi connectivity index (χ0v) is 15.5. The molecule has 3 unspecified atom stereocenters. The van der Waals surface area contributed by atoms with E-state index in [4.69, 9.17) is 9.47 Å². The molecule has 2 heterocycles. The van der Waals surface area contributed by atoms with Gasteiger partial charge in [-0.05, 0) is 36.3 Å². The molecule has 3 atom stereocenters. The van der Waals surface area contributed by atoms with Crippen LogP contribution in [-0.4, -0.2) is 37.9 Å². The highest BCUT2D eigenvalue weighted by Gasteiger charge is 2.50. The summed E-state index contributed by atoms with van der Waals surface area (Å²) in [5.41, 5.74) is 2.25. The normalized spacial score (nSPS) is 23.8. The number of likely N-dealkylation sites (N-methyl/N-ethyl adjacent to an activating group) is 1. The van der Waals surface area contributed by atoms with Gasteiger partial charge >= 0.3 is 5.97 Å². The number of esters is 1. The van der Waals surface area contributed by atoms with Crippen molar-refractivity contribution in [3.63, 3.8) is 0 Å². The summed E-state index contributed by atoms with van der Waals surface area (Å²) in [5, 5.41) is 0. The Bertz CT molecular complexity index is 875. The van der Waals surface area contributed by atoms with Gasteiger partial charge in [-0.1, -0.05) is 54.6 Å². The van der Waals surface area contributed by atoms with E-state index in [1.165, 1.54) is 12.7 Å². The second-order valence-corrected chi connectivity index (χ2v) is 6.99.